The van der Waals surface area contributed by atoms with Crippen molar-refractivity contribution in [3.63, 3.8) is 0 Å². The lowest BCUT2D eigenvalue weighted by atomic mass is 9.92. The molecule has 2 aliphatic rings. The van der Waals surface area contributed by atoms with E-state index in [9.17, 15) is 9.59 Å². The van der Waals surface area contributed by atoms with Crippen molar-refractivity contribution in [2.24, 2.45) is 11.3 Å². The Kier molecular flexibility index (Phi) is 3.71. The zero-order valence-corrected chi connectivity index (χ0v) is 13.6. The van der Waals surface area contributed by atoms with Gasteiger partial charge in [-0.3, -0.25) is 9.59 Å². The molecule has 1 aromatic rings. The van der Waals surface area contributed by atoms with Gasteiger partial charge in [-0.2, -0.15) is 0 Å². The summed E-state index contributed by atoms with van der Waals surface area (Å²) < 4.78 is 0. The van der Waals surface area contributed by atoms with E-state index in [2.05, 4.69) is 5.32 Å². The van der Waals surface area contributed by atoms with Gasteiger partial charge in [0.1, 0.15) is 0 Å². The van der Waals surface area contributed by atoms with E-state index in [1.54, 1.807) is 0 Å². The molecule has 3 rings (SSSR count). The van der Waals surface area contributed by atoms with Crippen molar-refractivity contribution in [3.05, 3.63) is 23.8 Å². The van der Waals surface area contributed by atoms with Gasteiger partial charge in [0.15, 0.2) is 0 Å². The summed E-state index contributed by atoms with van der Waals surface area (Å²) in [4.78, 5) is 26.3. The third kappa shape index (κ3) is 3.32. The highest BCUT2D eigenvalue weighted by Crippen LogP contribution is 2.37. The van der Waals surface area contributed by atoms with Crippen LogP contribution in [0.1, 0.15) is 45.6 Å². The van der Waals surface area contributed by atoms with Crippen molar-refractivity contribution in [1.29, 1.82) is 0 Å². The minimum atomic E-state index is -0.0330. The number of rotatable bonds is 3. The molecule has 1 N–H and O–H groups in total. The van der Waals surface area contributed by atoms with Crippen molar-refractivity contribution in [2.45, 2.75) is 46.5 Å². The molecule has 4 heteroatoms. The molecule has 0 spiro atoms. The Labute approximate surface area is 131 Å². The molecule has 4 nitrogen and oxygen atoms in total. The molecule has 0 aromatic heterocycles. The number of carbonyl (C=O) groups excluding carboxylic acids is 2. The molecule has 0 unspecified atom stereocenters. The van der Waals surface area contributed by atoms with Gasteiger partial charge >= 0.3 is 0 Å². The molecule has 1 aromatic carbocycles. The number of anilines is 2. The zero-order chi connectivity index (χ0) is 15.9. The molecule has 1 fully saturated rings. The Bertz CT molecular complexity index is 612. The van der Waals surface area contributed by atoms with E-state index < -0.39 is 0 Å². The van der Waals surface area contributed by atoms with Crippen LogP contribution in [0.3, 0.4) is 0 Å². The van der Waals surface area contributed by atoms with Crippen LogP contribution in [0.25, 0.3) is 0 Å². The Morgan fingerprint density at radius 2 is 2.00 bits per heavy atom. The maximum absolute atomic E-state index is 12.3. The normalized spacial score (nSPS) is 17.3. The fourth-order valence-corrected chi connectivity index (χ4v) is 2.92. The third-order valence-corrected chi connectivity index (χ3v) is 4.15. The van der Waals surface area contributed by atoms with Gasteiger partial charge in [0.2, 0.25) is 11.8 Å². The van der Waals surface area contributed by atoms with Crippen LogP contribution < -0.4 is 10.2 Å². The van der Waals surface area contributed by atoms with E-state index >= 15 is 0 Å². The van der Waals surface area contributed by atoms with E-state index in [-0.39, 0.29) is 23.1 Å². The van der Waals surface area contributed by atoms with Crippen LogP contribution in [0.15, 0.2) is 18.2 Å². The first-order chi connectivity index (χ1) is 10.3. The smallest absolute Gasteiger partial charge is 0.230 e. The van der Waals surface area contributed by atoms with Crippen LogP contribution in [0.4, 0.5) is 11.4 Å². The second-order valence-electron chi connectivity index (χ2n) is 7.64. The molecule has 22 heavy (non-hydrogen) atoms. The summed E-state index contributed by atoms with van der Waals surface area (Å²) in [6.45, 7) is 6.91. The van der Waals surface area contributed by atoms with Gasteiger partial charge in [-0.1, -0.05) is 26.8 Å². The number of nitrogens with one attached hydrogen (secondary N) is 1. The van der Waals surface area contributed by atoms with Gasteiger partial charge in [0, 0.05) is 30.3 Å². The second kappa shape index (κ2) is 5.41. The SMILES string of the molecule is CC(C)(C)CC(=O)Nc1ccc2c(c1)N(C(=O)C1CC1)CC2. The number of fused-ring (bicyclic) bond motifs is 1. The summed E-state index contributed by atoms with van der Waals surface area (Å²) in [6.07, 6.45) is 3.43. The largest absolute Gasteiger partial charge is 0.326 e. The molecule has 0 saturated heterocycles. The molecule has 1 saturated carbocycles. The molecule has 0 atom stereocenters. The van der Waals surface area contributed by atoms with Gasteiger partial charge in [-0.25, -0.2) is 0 Å². The average molecular weight is 300 g/mol. The number of hydrogen-bond acceptors (Lipinski definition) is 2. The van der Waals surface area contributed by atoms with Crippen molar-refractivity contribution in [1.82, 2.24) is 0 Å². The van der Waals surface area contributed by atoms with Crippen LogP contribution in [0.5, 0.6) is 0 Å². The molecule has 1 aliphatic heterocycles. The van der Waals surface area contributed by atoms with Gasteiger partial charge in [0.05, 0.1) is 0 Å². The van der Waals surface area contributed by atoms with E-state index in [0.717, 1.165) is 37.2 Å². The van der Waals surface area contributed by atoms with Crippen molar-refractivity contribution >= 4 is 23.2 Å². The number of carbonyl (C=O) groups is 2. The van der Waals surface area contributed by atoms with Crippen molar-refractivity contribution in [2.75, 3.05) is 16.8 Å². The minimum absolute atomic E-state index is 0.0190. The lowest BCUT2D eigenvalue weighted by molar-refractivity contribution is -0.119. The highest BCUT2D eigenvalue weighted by molar-refractivity contribution is 5.99. The molecule has 1 aliphatic carbocycles. The Morgan fingerprint density at radius 3 is 2.64 bits per heavy atom. The van der Waals surface area contributed by atoms with E-state index in [4.69, 9.17) is 0 Å². The van der Waals surface area contributed by atoms with E-state index in [1.165, 1.54) is 5.56 Å². The van der Waals surface area contributed by atoms with Gasteiger partial charge in [0.25, 0.3) is 0 Å². The molecule has 0 bridgehead atoms. The second-order valence-corrected chi connectivity index (χ2v) is 7.64. The topological polar surface area (TPSA) is 49.4 Å². The molecule has 118 valence electrons. The highest BCUT2D eigenvalue weighted by atomic mass is 16.2. The summed E-state index contributed by atoms with van der Waals surface area (Å²) in [5.74, 6) is 0.493. The molecule has 1 heterocycles. The maximum Gasteiger partial charge on any atom is 0.230 e. The summed E-state index contributed by atoms with van der Waals surface area (Å²) in [7, 11) is 0. The Balaban J connectivity index is 1.74. The summed E-state index contributed by atoms with van der Waals surface area (Å²) in [6, 6.07) is 5.91. The van der Waals surface area contributed by atoms with Crippen molar-refractivity contribution in [3.8, 4) is 0 Å². The lowest BCUT2D eigenvalue weighted by Gasteiger charge is -2.19. The number of benzene rings is 1. The minimum Gasteiger partial charge on any atom is -0.326 e. The Hall–Kier alpha value is -1.84. The standard InChI is InChI=1S/C18H24N2O2/c1-18(2,3)11-16(21)19-14-7-6-12-8-9-20(15(12)10-14)17(22)13-4-5-13/h6-7,10,13H,4-5,8-9,11H2,1-3H3,(H,19,21). The van der Waals surface area contributed by atoms with Gasteiger partial charge < -0.3 is 10.2 Å². The van der Waals surface area contributed by atoms with Gasteiger partial charge in [-0.05, 0) is 42.4 Å². The van der Waals surface area contributed by atoms with Gasteiger partial charge in [-0.15, -0.1) is 0 Å². The number of hydrogen-bond donors (Lipinski definition) is 1. The lowest BCUT2D eigenvalue weighted by Crippen LogP contribution is -2.30. The molecular formula is C18H24N2O2. The summed E-state index contributed by atoms with van der Waals surface area (Å²) in [5, 5.41) is 2.96. The quantitative estimate of drug-likeness (QED) is 0.930. The van der Waals surface area contributed by atoms with E-state index in [1.807, 2.05) is 43.9 Å². The molecule has 0 radical (unpaired) electrons. The predicted molar refractivity (Wildman–Crippen MR) is 87.9 cm³/mol. The summed E-state index contributed by atoms with van der Waals surface area (Å²) in [5.41, 5.74) is 2.92. The Morgan fingerprint density at radius 1 is 1.27 bits per heavy atom. The summed E-state index contributed by atoms with van der Waals surface area (Å²) >= 11 is 0. The first-order valence-corrected chi connectivity index (χ1v) is 8.08. The predicted octanol–water partition coefficient (Wildman–Crippen LogP) is 3.36. The monoisotopic (exact) mass is 300 g/mol. The first-order valence-electron chi connectivity index (χ1n) is 8.08. The number of nitrogens with zero attached hydrogens (tertiary/aromatic N) is 1. The zero-order valence-electron chi connectivity index (χ0n) is 13.6. The fourth-order valence-electron chi connectivity index (χ4n) is 2.92. The van der Waals surface area contributed by atoms with Crippen LogP contribution in [-0.2, 0) is 16.0 Å². The van der Waals surface area contributed by atoms with E-state index in [0.29, 0.717) is 6.42 Å². The van der Waals surface area contributed by atoms with Crippen LogP contribution >= 0.6 is 0 Å². The van der Waals surface area contributed by atoms with Crippen LogP contribution in [0, 0.1) is 11.3 Å². The van der Waals surface area contributed by atoms with Crippen molar-refractivity contribution < 1.29 is 9.59 Å². The molecule has 2 amide bonds. The van der Waals surface area contributed by atoms with Crippen LogP contribution in [0.2, 0.25) is 0 Å². The average Bonchev–Trinajstić information content (AvgIpc) is 3.16. The van der Waals surface area contributed by atoms with Crippen LogP contribution in [-0.4, -0.2) is 18.4 Å². The molecular weight excluding hydrogens is 276 g/mol. The fraction of sp³-hybridized carbons (Fsp3) is 0.556. The first kappa shape index (κ1) is 15.1. The highest BCUT2D eigenvalue weighted by Gasteiger charge is 2.36. The number of amides is 2. The maximum atomic E-state index is 12.3. The third-order valence-electron chi connectivity index (χ3n) is 4.15.